The molecular formula is C18H32N4. The van der Waals surface area contributed by atoms with Crippen LogP contribution in [0.1, 0.15) is 25.7 Å². The Morgan fingerprint density at radius 2 is 1.27 bits per heavy atom. The first kappa shape index (κ1) is 16.2. The number of fused-ring (bicyclic) bond motifs is 2. The normalized spacial score (nSPS) is 36.6. The van der Waals surface area contributed by atoms with Crippen molar-refractivity contribution in [3.8, 4) is 0 Å². The molecule has 0 saturated carbocycles. The highest BCUT2D eigenvalue weighted by molar-refractivity contribution is 5.20. The van der Waals surface area contributed by atoms with Gasteiger partial charge in [0.05, 0.1) is 0 Å². The Morgan fingerprint density at radius 3 is 1.68 bits per heavy atom. The summed E-state index contributed by atoms with van der Waals surface area (Å²) < 4.78 is 0. The average Bonchev–Trinajstić information content (AvgIpc) is 3.23. The third-order valence-corrected chi connectivity index (χ3v) is 5.82. The molecule has 4 heteroatoms. The summed E-state index contributed by atoms with van der Waals surface area (Å²) in [5.41, 5.74) is 3.27. The second kappa shape index (κ2) is 7.73. The maximum Gasteiger partial charge on any atom is 0.0168 e. The van der Waals surface area contributed by atoms with E-state index in [1.54, 1.807) is 11.1 Å². The Hall–Kier alpha value is -0.680. The van der Waals surface area contributed by atoms with Crippen LogP contribution < -0.4 is 21.3 Å². The van der Waals surface area contributed by atoms with E-state index >= 15 is 0 Å². The molecule has 4 aliphatic rings. The molecule has 2 heterocycles. The van der Waals surface area contributed by atoms with E-state index in [0.717, 1.165) is 37.0 Å². The molecule has 2 aliphatic heterocycles. The summed E-state index contributed by atoms with van der Waals surface area (Å²) in [5, 5.41) is 13.6. The highest BCUT2D eigenvalue weighted by Gasteiger charge is 2.30. The Kier molecular flexibility index (Phi) is 5.69. The van der Waals surface area contributed by atoms with Gasteiger partial charge in [-0.15, -0.1) is 0 Å². The van der Waals surface area contributed by atoms with E-state index in [1.807, 2.05) is 0 Å². The number of hydrogen-bond donors (Lipinski definition) is 4. The van der Waals surface area contributed by atoms with Crippen LogP contribution in [0, 0.1) is 11.8 Å². The van der Waals surface area contributed by atoms with Crippen molar-refractivity contribution in [1.29, 1.82) is 0 Å². The van der Waals surface area contributed by atoms with Gasteiger partial charge in [0.15, 0.2) is 0 Å². The number of rotatable bonds is 2. The van der Waals surface area contributed by atoms with Crippen molar-refractivity contribution in [3.63, 3.8) is 0 Å². The SMILES string of the molecule is CNC1CCC=C2CNCC21.CNC1CCC=C2CNCC21. The zero-order valence-corrected chi connectivity index (χ0v) is 14.1. The number of nitrogens with one attached hydrogen (secondary N) is 4. The van der Waals surface area contributed by atoms with E-state index in [4.69, 9.17) is 0 Å². The highest BCUT2D eigenvalue weighted by atomic mass is 15.0. The molecule has 4 N–H and O–H groups in total. The fourth-order valence-electron chi connectivity index (χ4n) is 4.51. The summed E-state index contributed by atoms with van der Waals surface area (Å²) >= 11 is 0. The van der Waals surface area contributed by atoms with Crippen molar-refractivity contribution in [2.24, 2.45) is 11.8 Å². The summed E-state index contributed by atoms with van der Waals surface area (Å²) in [6.07, 6.45) is 9.98. The van der Waals surface area contributed by atoms with E-state index in [9.17, 15) is 0 Å². The molecule has 4 unspecified atom stereocenters. The van der Waals surface area contributed by atoms with Gasteiger partial charge in [-0.25, -0.2) is 0 Å². The van der Waals surface area contributed by atoms with Gasteiger partial charge in [0.25, 0.3) is 0 Å². The predicted molar refractivity (Wildman–Crippen MR) is 93.0 cm³/mol. The zero-order valence-electron chi connectivity index (χ0n) is 14.1. The average molecular weight is 304 g/mol. The second-order valence-electron chi connectivity index (χ2n) is 6.98. The van der Waals surface area contributed by atoms with Crippen molar-refractivity contribution in [2.45, 2.75) is 37.8 Å². The van der Waals surface area contributed by atoms with E-state index in [1.165, 1.54) is 38.8 Å². The predicted octanol–water partition coefficient (Wildman–Crippen LogP) is 1.03. The monoisotopic (exact) mass is 304 g/mol. The van der Waals surface area contributed by atoms with E-state index in [2.05, 4.69) is 47.5 Å². The van der Waals surface area contributed by atoms with E-state index in [-0.39, 0.29) is 0 Å². The summed E-state index contributed by atoms with van der Waals surface area (Å²) in [6.45, 7) is 4.61. The van der Waals surface area contributed by atoms with Crippen molar-refractivity contribution in [1.82, 2.24) is 21.3 Å². The van der Waals surface area contributed by atoms with Crippen LogP contribution in [0.2, 0.25) is 0 Å². The molecule has 4 nitrogen and oxygen atoms in total. The van der Waals surface area contributed by atoms with Crippen molar-refractivity contribution in [3.05, 3.63) is 23.3 Å². The quantitative estimate of drug-likeness (QED) is 0.576. The first-order valence-electron chi connectivity index (χ1n) is 8.97. The Morgan fingerprint density at radius 1 is 0.818 bits per heavy atom. The van der Waals surface area contributed by atoms with Crippen LogP contribution in [0.5, 0.6) is 0 Å². The number of hydrogen-bond acceptors (Lipinski definition) is 4. The topological polar surface area (TPSA) is 48.1 Å². The van der Waals surface area contributed by atoms with Gasteiger partial charge in [-0.2, -0.15) is 0 Å². The Labute approximate surface area is 135 Å². The minimum absolute atomic E-state index is 0.727. The lowest BCUT2D eigenvalue weighted by Crippen LogP contribution is -2.36. The molecule has 0 aromatic carbocycles. The lowest BCUT2D eigenvalue weighted by molar-refractivity contribution is 0.401. The van der Waals surface area contributed by atoms with Crippen LogP contribution in [-0.4, -0.2) is 52.4 Å². The molecule has 4 rings (SSSR count). The molecule has 2 fully saturated rings. The van der Waals surface area contributed by atoms with Crippen LogP contribution in [-0.2, 0) is 0 Å². The summed E-state index contributed by atoms with van der Waals surface area (Å²) in [7, 11) is 4.15. The largest absolute Gasteiger partial charge is 0.316 e. The number of allylic oxidation sites excluding steroid dienone is 2. The van der Waals surface area contributed by atoms with Crippen LogP contribution >= 0.6 is 0 Å². The van der Waals surface area contributed by atoms with Crippen LogP contribution in [0.3, 0.4) is 0 Å². The Balaban J connectivity index is 0.000000131. The van der Waals surface area contributed by atoms with E-state index in [0.29, 0.717) is 0 Å². The van der Waals surface area contributed by atoms with Gasteiger partial charge in [0.1, 0.15) is 0 Å². The van der Waals surface area contributed by atoms with Gasteiger partial charge < -0.3 is 21.3 Å². The second-order valence-corrected chi connectivity index (χ2v) is 6.98. The van der Waals surface area contributed by atoms with Crippen LogP contribution in [0.4, 0.5) is 0 Å². The first-order chi connectivity index (χ1) is 10.8. The van der Waals surface area contributed by atoms with Crippen LogP contribution in [0.15, 0.2) is 23.3 Å². The Bertz CT molecular complexity index is 389. The fourth-order valence-corrected chi connectivity index (χ4v) is 4.51. The van der Waals surface area contributed by atoms with Gasteiger partial charge in [-0.1, -0.05) is 23.3 Å². The van der Waals surface area contributed by atoms with Gasteiger partial charge in [0.2, 0.25) is 0 Å². The molecule has 0 radical (unpaired) electrons. The lowest BCUT2D eigenvalue weighted by atomic mass is 9.86. The third-order valence-electron chi connectivity index (χ3n) is 5.82. The first-order valence-corrected chi connectivity index (χ1v) is 8.97. The molecule has 124 valence electrons. The molecule has 2 saturated heterocycles. The maximum atomic E-state index is 3.42. The lowest BCUT2D eigenvalue weighted by Gasteiger charge is -2.27. The summed E-state index contributed by atoms with van der Waals surface area (Å²) in [5.74, 6) is 1.57. The minimum atomic E-state index is 0.727. The van der Waals surface area contributed by atoms with Crippen molar-refractivity contribution >= 4 is 0 Å². The van der Waals surface area contributed by atoms with E-state index < -0.39 is 0 Å². The van der Waals surface area contributed by atoms with Gasteiger partial charge in [-0.05, 0) is 39.8 Å². The summed E-state index contributed by atoms with van der Waals surface area (Å²) in [6, 6.07) is 1.45. The molecule has 0 aromatic rings. The van der Waals surface area contributed by atoms with Gasteiger partial charge >= 0.3 is 0 Å². The van der Waals surface area contributed by atoms with Crippen LogP contribution in [0.25, 0.3) is 0 Å². The van der Waals surface area contributed by atoms with Crippen molar-refractivity contribution < 1.29 is 0 Å². The molecular weight excluding hydrogens is 272 g/mol. The molecule has 0 aromatic heterocycles. The van der Waals surface area contributed by atoms with Gasteiger partial charge in [0, 0.05) is 50.1 Å². The molecule has 22 heavy (non-hydrogen) atoms. The molecule has 0 bridgehead atoms. The molecule has 0 spiro atoms. The third kappa shape index (κ3) is 3.46. The smallest absolute Gasteiger partial charge is 0.0168 e. The molecule has 2 aliphatic carbocycles. The zero-order chi connectivity index (χ0) is 15.4. The highest BCUT2D eigenvalue weighted by Crippen LogP contribution is 2.28. The van der Waals surface area contributed by atoms with Crippen molar-refractivity contribution in [2.75, 3.05) is 40.3 Å². The molecule has 0 amide bonds. The molecule has 4 atom stereocenters. The maximum absolute atomic E-state index is 3.42. The standard InChI is InChI=1S/2C9H16N2/c2*1-10-9-4-2-3-7-5-11-6-8(7)9/h2*3,8-11H,2,4-6H2,1H3. The fraction of sp³-hybridized carbons (Fsp3) is 0.778. The van der Waals surface area contributed by atoms with Gasteiger partial charge in [-0.3, -0.25) is 0 Å². The minimum Gasteiger partial charge on any atom is -0.316 e. The summed E-state index contributed by atoms with van der Waals surface area (Å²) in [4.78, 5) is 0.